The molecule has 2 fully saturated rings. The normalized spacial score (nSPS) is 29.3. The molecular weight excluding hydrogens is 223 g/mol. The van der Waals surface area contributed by atoms with Gasteiger partial charge in [0.05, 0.1) is 0 Å². The quantitative estimate of drug-likeness (QED) is 0.693. The fraction of sp³-hybridized carbons (Fsp3) is 0.889. The molecule has 2 amide bonds. The standard InChI is InChI=1S/C9H14F3N3O/c10-9(11,12)5-14-8(16)15-3-6-1-13-2-7(6)4-15/h6-7,13H,1-5H2,(H,14,16)/t6-,7+. The minimum atomic E-state index is -4.34. The van der Waals surface area contributed by atoms with Crippen LogP contribution in [0, 0.1) is 11.8 Å². The van der Waals surface area contributed by atoms with Crippen LogP contribution >= 0.6 is 0 Å². The summed E-state index contributed by atoms with van der Waals surface area (Å²) >= 11 is 0. The number of rotatable bonds is 1. The van der Waals surface area contributed by atoms with Gasteiger partial charge in [0.15, 0.2) is 0 Å². The summed E-state index contributed by atoms with van der Waals surface area (Å²) in [4.78, 5) is 12.9. The Balaban J connectivity index is 1.79. The Kier molecular flexibility index (Phi) is 2.96. The van der Waals surface area contributed by atoms with Crippen LogP contribution in [0.1, 0.15) is 0 Å². The van der Waals surface area contributed by atoms with Gasteiger partial charge in [0.25, 0.3) is 0 Å². The van der Waals surface area contributed by atoms with Crippen molar-refractivity contribution >= 4 is 6.03 Å². The lowest BCUT2D eigenvalue weighted by Gasteiger charge is -2.18. The van der Waals surface area contributed by atoms with E-state index in [0.29, 0.717) is 24.9 Å². The van der Waals surface area contributed by atoms with E-state index in [4.69, 9.17) is 0 Å². The zero-order valence-corrected chi connectivity index (χ0v) is 8.68. The SMILES string of the molecule is O=C(NCC(F)(F)F)N1C[C@H]2CNC[C@H]2C1. The predicted octanol–water partition coefficient (Wildman–Crippen LogP) is 0.410. The lowest BCUT2D eigenvalue weighted by molar-refractivity contribution is -0.123. The first-order chi connectivity index (χ1) is 7.46. The maximum Gasteiger partial charge on any atom is 0.405 e. The topological polar surface area (TPSA) is 44.4 Å². The minimum Gasteiger partial charge on any atom is -0.329 e. The Morgan fingerprint density at radius 3 is 2.38 bits per heavy atom. The molecule has 92 valence electrons. The van der Waals surface area contributed by atoms with Crippen LogP contribution in [0.25, 0.3) is 0 Å². The van der Waals surface area contributed by atoms with Crippen molar-refractivity contribution in [2.75, 3.05) is 32.7 Å². The summed E-state index contributed by atoms with van der Waals surface area (Å²) in [5.74, 6) is 0.799. The minimum absolute atomic E-state index is 0.400. The Labute approximate surface area is 91.2 Å². The van der Waals surface area contributed by atoms with E-state index in [1.165, 1.54) is 4.90 Å². The first-order valence-electron chi connectivity index (χ1n) is 5.26. The van der Waals surface area contributed by atoms with E-state index in [-0.39, 0.29) is 0 Å². The third-order valence-electron chi connectivity index (χ3n) is 3.12. The highest BCUT2D eigenvalue weighted by Gasteiger charge is 2.38. The summed E-state index contributed by atoms with van der Waals surface area (Å²) in [6, 6.07) is -0.605. The van der Waals surface area contributed by atoms with Gasteiger partial charge in [-0.3, -0.25) is 0 Å². The number of alkyl halides is 3. The zero-order valence-electron chi connectivity index (χ0n) is 8.68. The van der Waals surface area contributed by atoms with Gasteiger partial charge in [-0.2, -0.15) is 13.2 Å². The van der Waals surface area contributed by atoms with Gasteiger partial charge in [0.1, 0.15) is 6.54 Å². The number of fused-ring (bicyclic) bond motifs is 1. The molecule has 2 heterocycles. The maximum atomic E-state index is 11.9. The Hall–Kier alpha value is -0.980. The molecule has 2 atom stereocenters. The third-order valence-corrected chi connectivity index (χ3v) is 3.12. The number of hydrogen-bond donors (Lipinski definition) is 2. The molecule has 2 aliphatic rings. The molecule has 0 aromatic rings. The summed E-state index contributed by atoms with van der Waals surface area (Å²) in [5.41, 5.74) is 0. The van der Waals surface area contributed by atoms with Gasteiger partial charge in [0, 0.05) is 26.2 Å². The molecule has 4 nitrogen and oxygen atoms in total. The Morgan fingerprint density at radius 2 is 1.88 bits per heavy atom. The molecule has 0 aromatic heterocycles. The van der Waals surface area contributed by atoms with Crippen molar-refractivity contribution in [3.63, 3.8) is 0 Å². The van der Waals surface area contributed by atoms with Crippen LogP contribution in [-0.2, 0) is 0 Å². The maximum absolute atomic E-state index is 11.9. The van der Waals surface area contributed by atoms with Crippen LogP contribution in [0.3, 0.4) is 0 Å². The summed E-state index contributed by atoms with van der Waals surface area (Å²) in [6.45, 7) is 1.57. The molecule has 7 heteroatoms. The largest absolute Gasteiger partial charge is 0.405 e. The predicted molar refractivity (Wildman–Crippen MR) is 50.9 cm³/mol. The van der Waals surface area contributed by atoms with Crippen LogP contribution in [0.5, 0.6) is 0 Å². The van der Waals surface area contributed by atoms with E-state index >= 15 is 0 Å². The number of carbonyl (C=O) groups is 1. The van der Waals surface area contributed by atoms with Crippen molar-refractivity contribution in [2.24, 2.45) is 11.8 Å². The average molecular weight is 237 g/mol. The van der Waals surface area contributed by atoms with Crippen molar-refractivity contribution in [3.05, 3.63) is 0 Å². The number of nitrogens with zero attached hydrogens (tertiary/aromatic N) is 1. The number of carbonyl (C=O) groups excluding carboxylic acids is 1. The van der Waals surface area contributed by atoms with Crippen LogP contribution < -0.4 is 10.6 Å². The highest BCUT2D eigenvalue weighted by atomic mass is 19.4. The van der Waals surface area contributed by atoms with Gasteiger partial charge in [0.2, 0.25) is 0 Å². The van der Waals surface area contributed by atoms with Crippen molar-refractivity contribution in [1.29, 1.82) is 0 Å². The highest BCUT2D eigenvalue weighted by molar-refractivity contribution is 5.74. The first-order valence-corrected chi connectivity index (χ1v) is 5.26. The number of halogens is 3. The molecular formula is C9H14F3N3O. The summed E-state index contributed by atoms with van der Waals surface area (Å²) in [6.07, 6.45) is -4.34. The van der Waals surface area contributed by atoms with Gasteiger partial charge in [-0.15, -0.1) is 0 Å². The van der Waals surface area contributed by atoms with E-state index < -0.39 is 18.8 Å². The summed E-state index contributed by atoms with van der Waals surface area (Å²) in [7, 11) is 0. The third kappa shape index (κ3) is 2.58. The number of hydrogen-bond acceptors (Lipinski definition) is 2. The van der Waals surface area contributed by atoms with Crippen molar-refractivity contribution in [3.8, 4) is 0 Å². The molecule has 2 rings (SSSR count). The molecule has 0 bridgehead atoms. The molecule has 0 saturated carbocycles. The van der Waals surface area contributed by atoms with Crippen LogP contribution in [0.2, 0.25) is 0 Å². The molecule has 16 heavy (non-hydrogen) atoms. The van der Waals surface area contributed by atoms with Crippen molar-refractivity contribution < 1.29 is 18.0 Å². The fourth-order valence-corrected chi connectivity index (χ4v) is 2.31. The average Bonchev–Trinajstić information content (AvgIpc) is 2.71. The summed E-state index contributed by atoms with van der Waals surface area (Å²) in [5, 5.41) is 5.10. The van der Waals surface area contributed by atoms with Crippen LogP contribution in [0.15, 0.2) is 0 Å². The van der Waals surface area contributed by atoms with Crippen molar-refractivity contribution in [1.82, 2.24) is 15.5 Å². The molecule has 0 unspecified atom stereocenters. The van der Waals surface area contributed by atoms with E-state index in [0.717, 1.165) is 13.1 Å². The molecule has 0 aromatic carbocycles. The zero-order chi connectivity index (χ0) is 11.8. The highest BCUT2D eigenvalue weighted by Crippen LogP contribution is 2.26. The van der Waals surface area contributed by atoms with E-state index in [2.05, 4.69) is 5.32 Å². The lowest BCUT2D eigenvalue weighted by Crippen LogP contribution is -2.43. The molecule has 0 radical (unpaired) electrons. The van der Waals surface area contributed by atoms with E-state index in [1.54, 1.807) is 0 Å². The van der Waals surface area contributed by atoms with E-state index in [9.17, 15) is 18.0 Å². The second-order valence-corrected chi connectivity index (χ2v) is 4.36. The number of nitrogens with one attached hydrogen (secondary N) is 2. The van der Waals surface area contributed by atoms with Crippen molar-refractivity contribution in [2.45, 2.75) is 6.18 Å². The molecule has 0 spiro atoms. The van der Waals surface area contributed by atoms with Crippen LogP contribution in [-0.4, -0.2) is 49.8 Å². The Morgan fingerprint density at radius 1 is 1.31 bits per heavy atom. The van der Waals surface area contributed by atoms with Gasteiger partial charge < -0.3 is 15.5 Å². The smallest absolute Gasteiger partial charge is 0.329 e. The van der Waals surface area contributed by atoms with Gasteiger partial charge in [-0.1, -0.05) is 0 Å². The monoisotopic (exact) mass is 237 g/mol. The van der Waals surface area contributed by atoms with Gasteiger partial charge in [-0.05, 0) is 11.8 Å². The number of amides is 2. The Bertz CT molecular complexity index is 270. The molecule has 2 N–H and O–H groups in total. The first kappa shape index (κ1) is 11.5. The van der Waals surface area contributed by atoms with Gasteiger partial charge in [-0.25, -0.2) is 4.79 Å². The molecule has 0 aliphatic carbocycles. The second kappa shape index (κ2) is 4.12. The molecule has 2 saturated heterocycles. The van der Waals surface area contributed by atoms with Gasteiger partial charge >= 0.3 is 12.2 Å². The summed E-state index contributed by atoms with van der Waals surface area (Å²) < 4.78 is 35.7. The second-order valence-electron chi connectivity index (χ2n) is 4.36. The number of likely N-dealkylation sites (tertiary alicyclic amines) is 1. The molecule has 2 aliphatic heterocycles. The fourth-order valence-electron chi connectivity index (χ4n) is 2.31. The van der Waals surface area contributed by atoms with Crippen LogP contribution in [0.4, 0.5) is 18.0 Å². The van der Waals surface area contributed by atoms with E-state index in [1.807, 2.05) is 5.32 Å². The number of urea groups is 1. The lowest BCUT2D eigenvalue weighted by atomic mass is 10.0.